The van der Waals surface area contributed by atoms with Crippen LogP contribution in [-0.2, 0) is 9.53 Å². The minimum atomic E-state index is 0.00649. The Balaban J connectivity index is 1.68. The van der Waals surface area contributed by atoms with Gasteiger partial charge in [0.1, 0.15) is 0 Å². The van der Waals surface area contributed by atoms with Gasteiger partial charge < -0.3 is 15.4 Å². The molecule has 0 bridgehead atoms. The van der Waals surface area contributed by atoms with Crippen molar-refractivity contribution in [3.63, 3.8) is 0 Å². The van der Waals surface area contributed by atoms with Gasteiger partial charge in [-0.15, -0.1) is 0 Å². The Morgan fingerprint density at radius 1 is 1.50 bits per heavy atom. The molecule has 1 amide bonds. The smallest absolute Gasteiger partial charge is 0.239 e. The summed E-state index contributed by atoms with van der Waals surface area (Å²) in [5.74, 6) is 0.00649. The molecule has 1 aromatic rings. The number of nitrogens with one attached hydrogen (secondary N) is 2. The number of ether oxygens (including phenoxy) is 1. The lowest BCUT2D eigenvalue weighted by Gasteiger charge is -2.11. The standard InChI is InChI=1S/C14H20N2O2/c1-11-4-2-5-12(8-11)15-10-14(17)16-9-13-6-3-7-18-13/h2,4-5,8,13,15H,3,6-7,9-10H2,1H3,(H,16,17). The van der Waals surface area contributed by atoms with Gasteiger partial charge in [-0.05, 0) is 37.5 Å². The maximum Gasteiger partial charge on any atom is 0.239 e. The van der Waals surface area contributed by atoms with Crippen LogP contribution in [0.3, 0.4) is 0 Å². The molecular weight excluding hydrogens is 228 g/mol. The summed E-state index contributed by atoms with van der Waals surface area (Å²) in [5.41, 5.74) is 2.15. The fraction of sp³-hybridized carbons (Fsp3) is 0.500. The summed E-state index contributed by atoms with van der Waals surface area (Å²) >= 11 is 0. The van der Waals surface area contributed by atoms with E-state index in [1.54, 1.807) is 0 Å². The zero-order valence-electron chi connectivity index (χ0n) is 10.7. The molecule has 0 aromatic heterocycles. The fourth-order valence-corrected chi connectivity index (χ4v) is 2.03. The minimum absolute atomic E-state index is 0.00649. The van der Waals surface area contributed by atoms with Gasteiger partial charge in [0.15, 0.2) is 0 Å². The third-order valence-corrected chi connectivity index (χ3v) is 3.02. The minimum Gasteiger partial charge on any atom is -0.376 e. The molecule has 0 saturated carbocycles. The normalized spacial score (nSPS) is 18.6. The molecule has 1 aromatic carbocycles. The fourth-order valence-electron chi connectivity index (χ4n) is 2.03. The topological polar surface area (TPSA) is 50.4 Å². The number of hydrogen-bond donors (Lipinski definition) is 2. The van der Waals surface area contributed by atoms with Crippen LogP contribution in [0, 0.1) is 6.92 Å². The highest BCUT2D eigenvalue weighted by atomic mass is 16.5. The lowest BCUT2D eigenvalue weighted by Crippen LogP contribution is -2.35. The van der Waals surface area contributed by atoms with E-state index in [4.69, 9.17) is 4.74 Å². The summed E-state index contributed by atoms with van der Waals surface area (Å²) in [7, 11) is 0. The predicted octanol–water partition coefficient (Wildman–Crippen LogP) is 1.70. The number of hydrogen-bond acceptors (Lipinski definition) is 3. The number of amides is 1. The van der Waals surface area contributed by atoms with E-state index in [0.717, 1.165) is 25.1 Å². The van der Waals surface area contributed by atoms with Gasteiger partial charge in [0.2, 0.25) is 5.91 Å². The summed E-state index contributed by atoms with van der Waals surface area (Å²) in [4.78, 5) is 11.6. The van der Waals surface area contributed by atoms with Crippen molar-refractivity contribution in [1.29, 1.82) is 0 Å². The van der Waals surface area contributed by atoms with E-state index in [9.17, 15) is 4.79 Å². The van der Waals surface area contributed by atoms with Gasteiger partial charge in [-0.3, -0.25) is 4.79 Å². The second kappa shape index (κ2) is 6.40. The third kappa shape index (κ3) is 4.04. The summed E-state index contributed by atoms with van der Waals surface area (Å²) in [6.07, 6.45) is 2.35. The first-order chi connectivity index (χ1) is 8.74. The Morgan fingerprint density at radius 3 is 3.11 bits per heavy atom. The highest BCUT2D eigenvalue weighted by Crippen LogP contribution is 2.11. The lowest BCUT2D eigenvalue weighted by molar-refractivity contribution is -0.119. The maximum absolute atomic E-state index is 11.6. The average molecular weight is 248 g/mol. The van der Waals surface area contributed by atoms with Crippen molar-refractivity contribution in [2.45, 2.75) is 25.9 Å². The second-order valence-corrected chi connectivity index (χ2v) is 4.66. The summed E-state index contributed by atoms with van der Waals surface area (Å²) < 4.78 is 5.45. The van der Waals surface area contributed by atoms with Gasteiger partial charge in [-0.2, -0.15) is 0 Å². The van der Waals surface area contributed by atoms with Gasteiger partial charge >= 0.3 is 0 Å². The number of carbonyl (C=O) groups excluding carboxylic acids is 1. The molecule has 98 valence electrons. The van der Waals surface area contributed by atoms with Crippen molar-refractivity contribution in [3.05, 3.63) is 29.8 Å². The number of carbonyl (C=O) groups is 1. The van der Waals surface area contributed by atoms with Crippen LogP contribution >= 0.6 is 0 Å². The largest absolute Gasteiger partial charge is 0.376 e. The van der Waals surface area contributed by atoms with Crippen LogP contribution in [0.15, 0.2) is 24.3 Å². The van der Waals surface area contributed by atoms with Crippen molar-refractivity contribution in [2.24, 2.45) is 0 Å². The van der Waals surface area contributed by atoms with E-state index in [-0.39, 0.29) is 12.0 Å². The van der Waals surface area contributed by atoms with E-state index in [0.29, 0.717) is 13.1 Å². The van der Waals surface area contributed by atoms with Gasteiger partial charge in [0.25, 0.3) is 0 Å². The SMILES string of the molecule is Cc1cccc(NCC(=O)NCC2CCCO2)c1. The molecule has 4 nitrogen and oxygen atoms in total. The first kappa shape index (κ1) is 12.9. The highest BCUT2D eigenvalue weighted by molar-refractivity contribution is 5.80. The van der Waals surface area contributed by atoms with Crippen molar-refractivity contribution in [2.75, 3.05) is 25.0 Å². The monoisotopic (exact) mass is 248 g/mol. The molecule has 2 rings (SSSR count). The third-order valence-electron chi connectivity index (χ3n) is 3.02. The summed E-state index contributed by atoms with van der Waals surface area (Å²) in [5, 5.41) is 5.99. The van der Waals surface area contributed by atoms with Gasteiger partial charge in [-0.1, -0.05) is 12.1 Å². The predicted molar refractivity (Wildman–Crippen MR) is 71.7 cm³/mol. The summed E-state index contributed by atoms with van der Waals surface area (Å²) in [6, 6.07) is 7.98. The van der Waals surface area contributed by atoms with E-state index in [1.807, 2.05) is 31.2 Å². The van der Waals surface area contributed by atoms with E-state index >= 15 is 0 Å². The van der Waals surface area contributed by atoms with E-state index in [2.05, 4.69) is 10.6 Å². The van der Waals surface area contributed by atoms with Gasteiger partial charge in [0, 0.05) is 18.8 Å². The number of aryl methyl sites for hydroxylation is 1. The molecule has 0 spiro atoms. The Labute approximate surface area is 108 Å². The molecule has 0 radical (unpaired) electrons. The van der Waals surface area contributed by atoms with Crippen LogP contribution in [0.4, 0.5) is 5.69 Å². The average Bonchev–Trinajstić information content (AvgIpc) is 2.87. The molecule has 2 N–H and O–H groups in total. The van der Waals surface area contributed by atoms with Crippen molar-refractivity contribution >= 4 is 11.6 Å². The lowest BCUT2D eigenvalue weighted by atomic mass is 10.2. The molecule has 4 heteroatoms. The zero-order chi connectivity index (χ0) is 12.8. The Kier molecular flexibility index (Phi) is 4.59. The van der Waals surface area contributed by atoms with Crippen molar-refractivity contribution in [3.8, 4) is 0 Å². The Hall–Kier alpha value is -1.55. The second-order valence-electron chi connectivity index (χ2n) is 4.66. The first-order valence-corrected chi connectivity index (χ1v) is 6.43. The molecule has 1 fully saturated rings. The van der Waals surface area contributed by atoms with Crippen LogP contribution in [0.2, 0.25) is 0 Å². The number of anilines is 1. The van der Waals surface area contributed by atoms with Gasteiger partial charge in [0.05, 0.1) is 12.6 Å². The molecule has 18 heavy (non-hydrogen) atoms. The Morgan fingerprint density at radius 2 is 2.39 bits per heavy atom. The molecule has 1 saturated heterocycles. The van der Waals surface area contributed by atoms with Crippen molar-refractivity contribution < 1.29 is 9.53 Å². The molecule has 1 unspecified atom stereocenters. The molecular formula is C14H20N2O2. The zero-order valence-corrected chi connectivity index (χ0v) is 10.7. The van der Waals surface area contributed by atoms with E-state index in [1.165, 1.54) is 5.56 Å². The van der Waals surface area contributed by atoms with E-state index < -0.39 is 0 Å². The number of rotatable bonds is 5. The Bertz CT molecular complexity index is 401. The number of benzene rings is 1. The molecule has 1 aliphatic rings. The van der Waals surface area contributed by atoms with Crippen LogP contribution in [0.25, 0.3) is 0 Å². The quantitative estimate of drug-likeness (QED) is 0.834. The maximum atomic E-state index is 11.6. The van der Waals surface area contributed by atoms with Gasteiger partial charge in [-0.25, -0.2) is 0 Å². The van der Waals surface area contributed by atoms with Crippen LogP contribution in [-0.4, -0.2) is 31.7 Å². The van der Waals surface area contributed by atoms with Crippen LogP contribution < -0.4 is 10.6 Å². The first-order valence-electron chi connectivity index (χ1n) is 6.43. The molecule has 1 heterocycles. The summed E-state index contributed by atoms with van der Waals surface area (Å²) in [6.45, 7) is 3.77. The van der Waals surface area contributed by atoms with Crippen LogP contribution in [0.1, 0.15) is 18.4 Å². The van der Waals surface area contributed by atoms with Crippen LogP contribution in [0.5, 0.6) is 0 Å². The molecule has 1 atom stereocenters. The molecule has 0 aliphatic carbocycles. The highest BCUT2D eigenvalue weighted by Gasteiger charge is 2.15. The van der Waals surface area contributed by atoms with Crippen molar-refractivity contribution in [1.82, 2.24) is 5.32 Å². The molecule has 1 aliphatic heterocycles.